The lowest BCUT2D eigenvalue weighted by Crippen LogP contribution is -2.35. The maximum absolute atomic E-state index is 13.6. The van der Waals surface area contributed by atoms with Gasteiger partial charge in [0.1, 0.15) is 17.4 Å². The molecule has 0 unspecified atom stereocenters. The van der Waals surface area contributed by atoms with Gasteiger partial charge in [-0.3, -0.25) is 14.7 Å². The summed E-state index contributed by atoms with van der Waals surface area (Å²) in [6.45, 7) is 1.32. The lowest BCUT2D eigenvalue weighted by Gasteiger charge is -2.28. The molecule has 6 nitrogen and oxygen atoms in total. The van der Waals surface area contributed by atoms with Crippen LogP contribution in [0.5, 0.6) is 5.75 Å². The van der Waals surface area contributed by atoms with Gasteiger partial charge >= 0.3 is 0 Å². The molecule has 1 aromatic carbocycles. The van der Waals surface area contributed by atoms with Gasteiger partial charge in [-0.05, 0) is 30.7 Å². The van der Waals surface area contributed by atoms with Crippen LogP contribution in [0.3, 0.4) is 0 Å². The SMILES string of the molecule is O=c1[nH]c(-c2cccnc2)nc2c1CCN(Cc1cc(F)cc(Cl)c1O)C2. The third kappa shape index (κ3) is 3.56. The zero-order valence-corrected chi connectivity index (χ0v) is 15.0. The minimum atomic E-state index is -0.501. The van der Waals surface area contributed by atoms with E-state index in [4.69, 9.17) is 11.6 Å². The number of hydrogen-bond acceptors (Lipinski definition) is 5. The molecular formula is C19H16ClFN4O2. The monoisotopic (exact) mass is 386 g/mol. The van der Waals surface area contributed by atoms with Crippen LogP contribution in [0.4, 0.5) is 4.39 Å². The van der Waals surface area contributed by atoms with Gasteiger partial charge < -0.3 is 10.1 Å². The van der Waals surface area contributed by atoms with Crippen LogP contribution < -0.4 is 5.56 Å². The maximum atomic E-state index is 13.6. The van der Waals surface area contributed by atoms with E-state index in [1.807, 2.05) is 11.0 Å². The van der Waals surface area contributed by atoms with Crippen molar-refractivity contribution >= 4 is 11.6 Å². The molecule has 2 N–H and O–H groups in total. The summed E-state index contributed by atoms with van der Waals surface area (Å²) in [7, 11) is 0. The minimum absolute atomic E-state index is 0.0177. The number of nitrogens with zero attached hydrogens (tertiary/aromatic N) is 3. The lowest BCUT2D eigenvalue weighted by atomic mass is 10.0. The first-order valence-electron chi connectivity index (χ1n) is 8.43. The fraction of sp³-hybridized carbons (Fsp3) is 0.211. The second-order valence-electron chi connectivity index (χ2n) is 6.44. The number of rotatable bonds is 3. The smallest absolute Gasteiger partial charge is 0.254 e. The highest BCUT2D eigenvalue weighted by molar-refractivity contribution is 6.32. The molecule has 0 spiro atoms. The van der Waals surface area contributed by atoms with Crippen molar-refractivity contribution in [2.45, 2.75) is 19.5 Å². The molecule has 4 rings (SSSR count). The molecule has 138 valence electrons. The maximum Gasteiger partial charge on any atom is 0.254 e. The van der Waals surface area contributed by atoms with Crippen LogP contribution in [0, 0.1) is 5.82 Å². The number of fused-ring (bicyclic) bond motifs is 1. The average Bonchev–Trinajstić information content (AvgIpc) is 2.66. The third-order valence-corrected chi connectivity index (χ3v) is 4.88. The Morgan fingerprint density at radius 1 is 1.37 bits per heavy atom. The third-order valence-electron chi connectivity index (χ3n) is 4.59. The average molecular weight is 387 g/mol. The number of H-pyrrole nitrogens is 1. The fourth-order valence-corrected chi connectivity index (χ4v) is 3.47. The second kappa shape index (κ2) is 7.09. The molecule has 3 aromatic rings. The van der Waals surface area contributed by atoms with Gasteiger partial charge in [-0.1, -0.05) is 11.6 Å². The number of aromatic nitrogens is 3. The number of phenols is 1. The molecule has 0 atom stereocenters. The summed E-state index contributed by atoms with van der Waals surface area (Å²) in [6.07, 6.45) is 3.81. The van der Waals surface area contributed by atoms with Gasteiger partial charge in [-0.2, -0.15) is 0 Å². The molecule has 0 saturated carbocycles. The van der Waals surface area contributed by atoms with Gasteiger partial charge in [0.2, 0.25) is 0 Å². The van der Waals surface area contributed by atoms with E-state index >= 15 is 0 Å². The molecule has 27 heavy (non-hydrogen) atoms. The van der Waals surface area contributed by atoms with Crippen molar-refractivity contribution in [3.05, 3.63) is 74.7 Å². The standard InChI is InChI=1S/C19H16ClFN4O2/c20-15-7-13(21)6-12(17(15)26)9-25-5-3-14-16(10-25)23-18(24-19(14)27)11-2-1-4-22-8-11/h1-2,4,6-8,26H,3,5,9-10H2,(H,23,24,27). The summed E-state index contributed by atoms with van der Waals surface area (Å²) in [5.74, 6) is -0.164. The topological polar surface area (TPSA) is 82.1 Å². The lowest BCUT2D eigenvalue weighted by molar-refractivity contribution is 0.237. The van der Waals surface area contributed by atoms with E-state index in [9.17, 15) is 14.3 Å². The molecule has 8 heteroatoms. The Balaban J connectivity index is 1.63. The normalized spacial score (nSPS) is 14.1. The molecule has 2 aromatic heterocycles. The number of halogens is 2. The highest BCUT2D eigenvalue weighted by Gasteiger charge is 2.23. The molecule has 0 aliphatic carbocycles. The van der Waals surface area contributed by atoms with Gasteiger partial charge in [0.15, 0.2) is 0 Å². The molecule has 0 saturated heterocycles. The predicted molar refractivity (Wildman–Crippen MR) is 99.0 cm³/mol. The van der Waals surface area contributed by atoms with E-state index < -0.39 is 5.82 Å². The predicted octanol–water partition coefficient (Wildman–Crippen LogP) is 2.89. The van der Waals surface area contributed by atoms with Gasteiger partial charge in [0, 0.05) is 48.7 Å². The van der Waals surface area contributed by atoms with E-state index in [1.54, 1.807) is 18.5 Å². The van der Waals surface area contributed by atoms with Crippen LogP contribution in [0.15, 0.2) is 41.5 Å². The van der Waals surface area contributed by atoms with Gasteiger partial charge in [0.25, 0.3) is 5.56 Å². The number of aromatic amines is 1. The van der Waals surface area contributed by atoms with E-state index in [1.165, 1.54) is 6.07 Å². The van der Waals surface area contributed by atoms with Crippen molar-refractivity contribution in [2.75, 3.05) is 6.54 Å². The first kappa shape index (κ1) is 17.6. The number of benzene rings is 1. The molecule has 0 bridgehead atoms. The van der Waals surface area contributed by atoms with E-state index in [-0.39, 0.29) is 16.3 Å². The summed E-state index contributed by atoms with van der Waals surface area (Å²) in [6, 6.07) is 5.94. The van der Waals surface area contributed by atoms with Crippen molar-refractivity contribution in [3.8, 4) is 17.1 Å². The zero-order chi connectivity index (χ0) is 19.0. The molecule has 0 radical (unpaired) electrons. The minimum Gasteiger partial charge on any atom is -0.506 e. The van der Waals surface area contributed by atoms with E-state index in [2.05, 4.69) is 15.0 Å². The highest BCUT2D eigenvalue weighted by atomic mass is 35.5. The Morgan fingerprint density at radius 2 is 2.22 bits per heavy atom. The quantitative estimate of drug-likeness (QED) is 0.723. The van der Waals surface area contributed by atoms with Crippen LogP contribution in [-0.4, -0.2) is 31.5 Å². The van der Waals surface area contributed by atoms with Crippen molar-refractivity contribution in [1.29, 1.82) is 0 Å². The van der Waals surface area contributed by atoms with Gasteiger partial charge in [-0.25, -0.2) is 9.37 Å². The summed E-state index contributed by atoms with van der Waals surface area (Å²) >= 11 is 5.86. The van der Waals surface area contributed by atoms with Crippen molar-refractivity contribution < 1.29 is 9.50 Å². The van der Waals surface area contributed by atoms with Crippen LogP contribution in [0.1, 0.15) is 16.8 Å². The Kier molecular flexibility index (Phi) is 4.63. The Labute approximate surface area is 159 Å². The molecular weight excluding hydrogens is 371 g/mol. The number of pyridine rings is 1. The van der Waals surface area contributed by atoms with Crippen LogP contribution in [-0.2, 0) is 19.5 Å². The number of phenolic OH excluding ortho intramolecular Hbond substituents is 1. The summed E-state index contributed by atoms with van der Waals surface area (Å²) in [4.78, 5) is 25.9. The van der Waals surface area contributed by atoms with E-state index in [0.717, 1.165) is 11.6 Å². The van der Waals surface area contributed by atoms with Gasteiger partial charge in [0.05, 0.1) is 10.7 Å². The van der Waals surface area contributed by atoms with Crippen molar-refractivity contribution in [2.24, 2.45) is 0 Å². The molecule has 1 aliphatic rings. The number of aromatic hydroxyl groups is 1. The number of hydrogen-bond donors (Lipinski definition) is 2. The van der Waals surface area contributed by atoms with Crippen LogP contribution >= 0.6 is 11.6 Å². The summed E-state index contributed by atoms with van der Waals surface area (Å²) < 4.78 is 13.6. The zero-order valence-electron chi connectivity index (χ0n) is 14.2. The molecule has 0 fully saturated rings. The Morgan fingerprint density at radius 3 is 3.00 bits per heavy atom. The van der Waals surface area contributed by atoms with Crippen molar-refractivity contribution in [1.82, 2.24) is 19.9 Å². The Bertz CT molecular complexity index is 1060. The molecule has 0 amide bonds. The highest BCUT2D eigenvalue weighted by Crippen LogP contribution is 2.30. The summed E-state index contributed by atoms with van der Waals surface area (Å²) in [5.41, 5.74) is 2.30. The molecule has 3 heterocycles. The largest absolute Gasteiger partial charge is 0.506 e. The second-order valence-corrected chi connectivity index (χ2v) is 6.84. The van der Waals surface area contributed by atoms with Crippen LogP contribution in [0.25, 0.3) is 11.4 Å². The Hall–Kier alpha value is -2.77. The number of nitrogens with one attached hydrogen (secondary N) is 1. The summed E-state index contributed by atoms with van der Waals surface area (Å²) in [5, 5.41) is 10.1. The molecule has 1 aliphatic heterocycles. The fourth-order valence-electron chi connectivity index (χ4n) is 3.25. The van der Waals surface area contributed by atoms with Crippen LogP contribution in [0.2, 0.25) is 5.02 Å². The first-order chi connectivity index (χ1) is 13.0. The van der Waals surface area contributed by atoms with E-state index in [0.29, 0.717) is 48.7 Å². The first-order valence-corrected chi connectivity index (χ1v) is 8.81. The van der Waals surface area contributed by atoms with Gasteiger partial charge in [-0.15, -0.1) is 0 Å². The van der Waals surface area contributed by atoms with Crippen molar-refractivity contribution in [3.63, 3.8) is 0 Å².